The van der Waals surface area contributed by atoms with E-state index in [4.69, 9.17) is 4.74 Å². The SMILES string of the molecule is COC(=O)c1ccc2nc(C3CCSC3)cn2c1. The zero-order chi connectivity index (χ0) is 12.5. The molecule has 2 aromatic rings. The Labute approximate surface area is 109 Å². The summed E-state index contributed by atoms with van der Waals surface area (Å²) in [6, 6.07) is 3.61. The number of rotatable bonds is 2. The summed E-state index contributed by atoms with van der Waals surface area (Å²) < 4.78 is 6.62. The van der Waals surface area contributed by atoms with E-state index in [0.717, 1.165) is 17.1 Å². The van der Waals surface area contributed by atoms with Crippen molar-refractivity contribution in [3.05, 3.63) is 35.8 Å². The molecule has 1 fully saturated rings. The van der Waals surface area contributed by atoms with Crippen molar-refractivity contribution < 1.29 is 9.53 Å². The van der Waals surface area contributed by atoms with Gasteiger partial charge in [-0.1, -0.05) is 0 Å². The van der Waals surface area contributed by atoms with Crippen molar-refractivity contribution in [1.82, 2.24) is 9.38 Å². The molecule has 0 aromatic carbocycles. The number of hydrogen-bond acceptors (Lipinski definition) is 4. The summed E-state index contributed by atoms with van der Waals surface area (Å²) in [6.07, 6.45) is 5.00. The number of hydrogen-bond donors (Lipinski definition) is 0. The van der Waals surface area contributed by atoms with Crippen molar-refractivity contribution in [3.8, 4) is 0 Å². The fraction of sp³-hybridized carbons (Fsp3) is 0.385. The molecule has 4 nitrogen and oxygen atoms in total. The van der Waals surface area contributed by atoms with Gasteiger partial charge in [-0.2, -0.15) is 11.8 Å². The fourth-order valence-corrected chi connectivity index (χ4v) is 3.45. The first-order valence-corrected chi connectivity index (χ1v) is 7.08. The number of aromatic nitrogens is 2. The number of methoxy groups -OCH3 is 1. The molecule has 3 heterocycles. The summed E-state index contributed by atoms with van der Waals surface area (Å²) in [7, 11) is 1.39. The molecule has 1 atom stereocenters. The van der Waals surface area contributed by atoms with Gasteiger partial charge in [-0.3, -0.25) is 0 Å². The van der Waals surface area contributed by atoms with Gasteiger partial charge in [-0.25, -0.2) is 9.78 Å². The van der Waals surface area contributed by atoms with Crippen molar-refractivity contribution in [2.75, 3.05) is 18.6 Å². The number of carbonyl (C=O) groups is 1. The molecule has 0 aliphatic carbocycles. The Balaban J connectivity index is 1.98. The first kappa shape index (κ1) is 11.6. The van der Waals surface area contributed by atoms with E-state index in [1.54, 1.807) is 12.3 Å². The topological polar surface area (TPSA) is 43.6 Å². The standard InChI is InChI=1S/C13H14N2O2S/c1-17-13(16)9-2-3-12-14-11(7-15(12)6-9)10-4-5-18-8-10/h2-3,6-7,10H,4-5,8H2,1H3. The second-order valence-electron chi connectivity index (χ2n) is 4.40. The molecule has 0 amide bonds. The highest BCUT2D eigenvalue weighted by Crippen LogP contribution is 2.31. The number of ether oxygens (including phenoxy) is 1. The number of carbonyl (C=O) groups excluding carboxylic acids is 1. The molecule has 94 valence electrons. The number of esters is 1. The summed E-state index contributed by atoms with van der Waals surface area (Å²) in [6.45, 7) is 0. The predicted molar refractivity (Wildman–Crippen MR) is 71.2 cm³/mol. The van der Waals surface area contributed by atoms with Crippen LogP contribution in [0.2, 0.25) is 0 Å². The van der Waals surface area contributed by atoms with Crippen LogP contribution in [0.1, 0.15) is 28.4 Å². The molecule has 0 N–H and O–H groups in total. The molecule has 3 rings (SSSR count). The van der Waals surface area contributed by atoms with Gasteiger partial charge < -0.3 is 9.14 Å². The zero-order valence-corrected chi connectivity index (χ0v) is 10.9. The maximum Gasteiger partial charge on any atom is 0.339 e. The highest BCUT2D eigenvalue weighted by Gasteiger charge is 2.20. The zero-order valence-electron chi connectivity index (χ0n) is 10.1. The molecule has 5 heteroatoms. The third kappa shape index (κ3) is 1.99. The lowest BCUT2D eigenvalue weighted by atomic mass is 10.1. The smallest absolute Gasteiger partial charge is 0.339 e. The van der Waals surface area contributed by atoms with E-state index in [0.29, 0.717) is 11.5 Å². The van der Waals surface area contributed by atoms with Crippen LogP contribution in [0.5, 0.6) is 0 Å². The van der Waals surface area contributed by atoms with E-state index in [1.807, 2.05) is 28.4 Å². The van der Waals surface area contributed by atoms with Gasteiger partial charge in [-0.15, -0.1) is 0 Å². The molecule has 1 aliphatic rings. The summed E-state index contributed by atoms with van der Waals surface area (Å²) in [5, 5.41) is 0. The largest absolute Gasteiger partial charge is 0.465 e. The number of nitrogens with zero attached hydrogens (tertiary/aromatic N) is 2. The Bertz CT molecular complexity index is 588. The highest BCUT2D eigenvalue weighted by atomic mass is 32.2. The maximum absolute atomic E-state index is 11.5. The van der Waals surface area contributed by atoms with Crippen molar-refractivity contribution >= 4 is 23.4 Å². The van der Waals surface area contributed by atoms with Crippen LogP contribution in [0.15, 0.2) is 24.5 Å². The van der Waals surface area contributed by atoms with Gasteiger partial charge >= 0.3 is 5.97 Å². The first-order chi connectivity index (χ1) is 8.78. The van der Waals surface area contributed by atoms with Crippen LogP contribution in [-0.4, -0.2) is 34.0 Å². The number of fused-ring (bicyclic) bond motifs is 1. The second kappa shape index (κ2) is 4.65. The minimum atomic E-state index is -0.316. The second-order valence-corrected chi connectivity index (χ2v) is 5.55. The Hall–Kier alpha value is -1.49. The number of imidazole rings is 1. The molecular formula is C13H14N2O2S. The van der Waals surface area contributed by atoms with E-state index in [1.165, 1.54) is 19.3 Å². The number of thioether (sulfide) groups is 1. The normalized spacial score (nSPS) is 19.3. The van der Waals surface area contributed by atoms with Crippen molar-refractivity contribution in [1.29, 1.82) is 0 Å². The average Bonchev–Trinajstić information content (AvgIpc) is 3.04. The maximum atomic E-state index is 11.5. The third-order valence-electron chi connectivity index (χ3n) is 3.24. The van der Waals surface area contributed by atoms with Crippen LogP contribution in [0, 0.1) is 0 Å². The fourth-order valence-electron chi connectivity index (χ4n) is 2.21. The first-order valence-electron chi connectivity index (χ1n) is 5.92. The summed E-state index contributed by atoms with van der Waals surface area (Å²) in [4.78, 5) is 16.1. The summed E-state index contributed by atoms with van der Waals surface area (Å²) >= 11 is 1.98. The lowest BCUT2D eigenvalue weighted by Crippen LogP contribution is -2.02. The monoisotopic (exact) mass is 262 g/mol. The third-order valence-corrected chi connectivity index (χ3v) is 4.40. The Morgan fingerprint density at radius 1 is 1.50 bits per heavy atom. The Morgan fingerprint density at radius 3 is 3.11 bits per heavy atom. The van der Waals surface area contributed by atoms with Gasteiger partial charge in [0.25, 0.3) is 0 Å². The van der Waals surface area contributed by atoms with Crippen LogP contribution in [0.4, 0.5) is 0 Å². The summed E-state index contributed by atoms with van der Waals surface area (Å²) in [5.74, 6) is 2.60. The molecule has 0 saturated carbocycles. The van der Waals surface area contributed by atoms with Crippen LogP contribution >= 0.6 is 11.8 Å². The average molecular weight is 262 g/mol. The van der Waals surface area contributed by atoms with E-state index >= 15 is 0 Å². The van der Waals surface area contributed by atoms with Gasteiger partial charge in [0.05, 0.1) is 18.4 Å². The van der Waals surface area contributed by atoms with E-state index in [-0.39, 0.29) is 5.97 Å². The molecule has 2 aromatic heterocycles. The predicted octanol–water partition coefficient (Wildman–Crippen LogP) is 2.34. The van der Waals surface area contributed by atoms with Gasteiger partial charge in [-0.05, 0) is 24.3 Å². The lowest BCUT2D eigenvalue weighted by Gasteiger charge is -2.01. The summed E-state index contributed by atoms with van der Waals surface area (Å²) in [5.41, 5.74) is 2.56. The van der Waals surface area contributed by atoms with Crippen LogP contribution in [0.25, 0.3) is 5.65 Å². The van der Waals surface area contributed by atoms with Crippen molar-refractivity contribution in [3.63, 3.8) is 0 Å². The molecule has 0 radical (unpaired) electrons. The van der Waals surface area contributed by atoms with Crippen LogP contribution < -0.4 is 0 Å². The Kier molecular flexibility index (Phi) is 2.99. The molecule has 18 heavy (non-hydrogen) atoms. The lowest BCUT2D eigenvalue weighted by molar-refractivity contribution is 0.0600. The molecule has 1 aliphatic heterocycles. The Morgan fingerprint density at radius 2 is 2.39 bits per heavy atom. The van der Waals surface area contributed by atoms with E-state index in [9.17, 15) is 4.79 Å². The highest BCUT2D eigenvalue weighted by molar-refractivity contribution is 7.99. The molecule has 1 saturated heterocycles. The molecule has 0 spiro atoms. The van der Waals surface area contributed by atoms with Crippen molar-refractivity contribution in [2.24, 2.45) is 0 Å². The van der Waals surface area contributed by atoms with E-state index in [2.05, 4.69) is 4.98 Å². The minimum absolute atomic E-state index is 0.316. The van der Waals surface area contributed by atoms with Crippen molar-refractivity contribution in [2.45, 2.75) is 12.3 Å². The van der Waals surface area contributed by atoms with E-state index < -0.39 is 0 Å². The minimum Gasteiger partial charge on any atom is -0.465 e. The van der Waals surface area contributed by atoms with Gasteiger partial charge in [0.2, 0.25) is 0 Å². The van der Waals surface area contributed by atoms with Gasteiger partial charge in [0.1, 0.15) is 5.65 Å². The molecular weight excluding hydrogens is 248 g/mol. The van der Waals surface area contributed by atoms with Crippen LogP contribution in [0.3, 0.4) is 0 Å². The molecule has 1 unspecified atom stereocenters. The molecule has 0 bridgehead atoms. The van der Waals surface area contributed by atoms with Crippen LogP contribution in [-0.2, 0) is 4.74 Å². The van der Waals surface area contributed by atoms with Gasteiger partial charge in [0.15, 0.2) is 0 Å². The quantitative estimate of drug-likeness (QED) is 0.779. The van der Waals surface area contributed by atoms with Gasteiger partial charge in [0, 0.05) is 24.1 Å². The number of pyridine rings is 1.